The fraction of sp³-hybridized carbons (Fsp3) is 0.562. The molecule has 0 bridgehead atoms. The van der Waals surface area contributed by atoms with Crippen LogP contribution in [0.5, 0.6) is 0 Å². The second kappa shape index (κ2) is 6.71. The van der Waals surface area contributed by atoms with E-state index in [1.165, 1.54) is 5.56 Å². The summed E-state index contributed by atoms with van der Waals surface area (Å²) in [6.45, 7) is 3.13. The van der Waals surface area contributed by atoms with Gasteiger partial charge in [-0.25, -0.2) is 0 Å². The maximum Gasteiger partial charge on any atom is 0.306 e. The van der Waals surface area contributed by atoms with Crippen LogP contribution in [0.25, 0.3) is 0 Å². The molecule has 2 N–H and O–H groups in total. The van der Waals surface area contributed by atoms with Gasteiger partial charge in [-0.1, -0.05) is 43.7 Å². The van der Waals surface area contributed by atoms with Crippen molar-refractivity contribution in [2.45, 2.75) is 44.6 Å². The molecular weight excluding hydrogens is 238 g/mol. The number of carboxylic acid groups (broad SMARTS) is 1. The van der Waals surface area contributed by atoms with Crippen LogP contribution in [0.2, 0.25) is 0 Å². The van der Waals surface area contributed by atoms with E-state index >= 15 is 0 Å². The molecular formula is C16H23NO2. The number of aliphatic carboxylic acids is 1. The van der Waals surface area contributed by atoms with Gasteiger partial charge in [-0.15, -0.1) is 0 Å². The number of hydrogen-bond donors (Lipinski definition) is 2. The molecule has 0 spiro atoms. The van der Waals surface area contributed by atoms with E-state index in [1.807, 2.05) is 6.07 Å². The first kappa shape index (κ1) is 14.1. The van der Waals surface area contributed by atoms with Crippen molar-refractivity contribution in [2.75, 3.05) is 6.54 Å². The Bertz CT molecular complexity index is 404. The van der Waals surface area contributed by atoms with E-state index in [1.54, 1.807) is 0 Å². The van der Waals surface area contributed by atoms with E-state index in [2.05, 4.69) is 36.5 Å². The fourth-order valence-electron chi connectivity index (χ4n) is 2.84. The molecule has 104 valence electrons. The Morgan fingerprint density at radius 2 is 2.11 bits per heavy atom. The van der Waals surface area contributed by atoms with Gasteiger partial charge in [-0.3, -0.25) is 4.79 Å². The number of hydrogen-bond acceptors (Lipinski definition) is 2. The van der Waals surface area contributed by atoms with Crippen LogP contribution >= 0.6 is 0 Å². The summed E-state index contributed by atoms with van der Waals surface area (Å²) in [5, 5.41) is 12.6. The second-order valence-electron chi connectivity index (χ2n) is 5.62. The number of nitrogens with one attached hydrogen (secondary N) is 1. The van der Waals surface area contributed by atoms with Crippen molar-refractivity contribution in [2.24, 2.45) is 5.92 Å². The summed E-state index contributed by atoms with van der Waals surface area (Å²) in [6, 6.07) is 10.8. The van der Waals surface area contributed by atoms with Crippen molar-refractivity contribution < 1.29 is 9.90 Å². The molecule has 0 saturated heterocycles. The van der Waals surface area contributed by atoms with Gasteiger partial charge >= 0.3 is 5.97 Å². The van der Waals surface area contributed by atoms with Crippen LogP contribution < -0.4 is 5.32 Å². The fourth-order valence-corrected chi connectivity index (χ4v) is 2.84. The van der Waals surface area contributed by atoms with Crippen molar-refractivity contribution in [3.8, 4) is 0 Å². The summed E-state index contributed by atoms with van der Waals surface area (Å²) in [4.78, 5) is 11.0. The molecule has 19 heavy (non-hydrogen) atoms. The highest BCUT2D eigenvalue weighted by Crippen LogP contribution is 2.25. The van der Waals surface area contributed by atoms with Crippen molar-refractivity contribution >= 4 is 5.97 Å². The largest absolute Gasteiger partial charge is 0.481 e. The average molecular weight is 261 g/mol. The summed E-state index contributed by atoms with van der Waals surface area (Å²) in [6.07, 6.45) is 3.73. The topological polar surface area (TPSA) is 49.3 Å². The average Bonchev–Trinajstić information content (AvgIpc) is 2.46. The summed E-state index contributed by atoms with van der Waals surface area (Å²) in [5.74, 6) is -0.327. The molecule has 0 amide bonds. The number of rotatable bonds is 5. The number of carboxylic acids is 1. The third-order valence-electron chi connectivity index (χ3n) is 4.10. The summed E-state index contributed by atoms with van der Waals surface area (Å²) in [7, 11) is 0. The zero-order chi connectivity index (χ0) is 13.7. The van der Waals surface area contributed by atoms with E-state index in [-0.39, 0.29) is 5.92 Å². The predicted octanol–water partition coefficient (Wildman–Crippen LogP) is 3.02. The van der Waals surface area contributed by atoms with Gasteiger partial charge < -0.3 is 10.4 Å². The van der Waals surface area contributed by atoms with E-state index in [4.69, 9.17) is 5.11 Å². The van der Waals surface area contributed by atoms with E-state index in [0.29, 0.717) is 12.0 Å². The minimum absolute atomic E-state index is 0.154. The molecule has 3 atom stereocenters. The molecule has 1 fully saturated rings. The van der Waals surface area contributed by atoms with Gasteiger partial charge in [0.2, 0.25) is 0 Å². The molecule has 3 heteroatoms. The lowest BCUT2D eigenvalue weighted by Crippen LogP contribution is -2.38. The Hall–Kier alpha value is -1.35. The Balaban J connectivity index is 1.80. The molecule has 0 radical (unpaired) electrons. The summed E-state index contributed by atoms with van der Waals surface area (Å²) >= 11 is 0. The zero-order valence-corrected chi connectivity index (χ0v) is 11.5. The molecule has 1 saturated carbocycles. The van der Waals surface area contributed by atoms with Crippen molar-refractivity contribution in [3.63, 3.8) is 0 Å². The lowest BCUT2D eigenvalue weighted by Gasteiger charge is -2.28. The Morgan fingerprint density at radius 3 is 2.79 bits per heavy atom. The molecule has 1 aromatic rings. The Morgan fingerprint density at radius 1 is 1.37 bits per heavy atom. The van der Waals surface area contributed by atoms with Gasteiger partial charge in [-0.2, -0.15) is 0 Å². The van der Waals surface area contributed by atoms with Crippen LogP contribution in [0.15, 0.2) is 30.3 Å². The van der Waals surface area contributed by atoms with Gasteiger partial charge in [0.15, 0.2) is 0 Å². The molecule has 1 aliphatic carbocycles. The van der Waals surface area contributed by atoms with Gasteiger partial charge in [-0.05, 0) is 30.7 Å². The number of carbonyl (C=O) groups is 1. The first-order valence-corrected chi connectivity index (χ1v) is 7.18. The van der Waals surface area contributed by atoms with Crippen LogP contribution in [0, 0.1) is 5.92 Å². The van der Waals surface area contributed by atoms with Crippen LogP contribution in [-0.2, 0) is 4.79 Å². The number of benzene rings is 1. The lowest BCUT2D eigenvalue weighted by molar-refractivity contribution is -0.143. The monoisotopic (exact) mass is 261 g/mol. The summed E-state index contributed by atoms with van der Waals surface area (Å²) in [5.41, 5.74) is 1.33. The smallest absolute Gasteiger partial charge is 0.306 e. The highest BCUT2D eigenvalue weighted by atomic mass is 16.4. The van der Waals surface area contributed by atoms with Crippen LogP contribution in [0.1, 0.15) is 44.1 Å². The van der Waals surface area contributed by atoms with Crippen LogP contribution in [0.3, 0.4) is 0 Å². The molecule has 0 heterocycles. The maximum absolute atomic E-state index is 11.0. The third-order valence-corrected chi connectivity index (χ3v) is 4.10. The highest BCUT2D eigenvalue weighted by molar-refractivity contribution is 5.70. The zero-order valence-electron chi connectivity index (χ0n) is 11.5. The van der Waals surface area contributed by atoms with E-state index in [0.717, 1.165) is 32.2 Å². The SMILES string of the molecule is CC(CNC1CCCC(C(=O)O)C1)c1ccccc1. The molecule has 3 unspecified atom stereocenters. The normalized spacial score (nSPS) is 24.9. The molecule has 0 aliphatic heterocycles. The predicted molar refractivity (Wildman–Crippen MR) is 76.2 cm³/mol. The van der Waals surface area contributed by atoms with Crippen molar-refractivity contribution in [1.29, 1.82) is 0 Å². The van der Waals surface area contributed by atoms with Gasteiger partial charge in [0, 0.05) is 12.6 Å². The second-order valence-corrected chi connectivity index (χ2v) is 5.62. The lowest BCUT2D eigenvalue weighted by atomic mass is 9.85. The van der Waals surface area contributed by atoms with E-state index < -0.39 is 5.97 Å². The molecule has 1 aromatic carbocycles. The molecule has 0 aromatic heterocycles. The Kier molecular flexibility index (Phi) is 4.97. The van der Waals surface area contributed by atoms with Gasteiger partial charge in [0.05, 0.1) is 5.92 Å². The molecule has 2 rings (SSSR count). The minimum Gasteiger partial charge on any atom is -0.481 e. The standard InChI is InChI=1S/C16H23NO2/c1-12(13-6-3-2-4-7-13)11-17-15-9-5-8-14(10-15)16(18)19/h2-4,6-7,12,14-15,17H,5,8-11H2,1H3,(H,18,19). The molecule has 1 aliphatic rings. The Labute approximate surface area is 115 Å². The molecule has 3 nitrogen and oxygen atoms in total. The van der Waals surface area contributed by atoms with Crippen molar-refractivity contribution in [3.05, 3.63) is 35.9 Å². The summed E-state index contributed by atoms with van der Waals surface area (Å²) < 4.78 is 0. The first-order chi connectivity index (χ1) is 9.16. The van der Waals surface area contributed by atoms with Crippen molar-refractivity contribution in [1.82, 2.24) is 5.32 Å². The van der Waals surface area contributed by atoms with E-state index in [9.17, 15) is 4.79 Å². The maximum atomic E-state index is 11.0. The quantitative estimate of drug-likeness (QED) is 0.856. The highest BCUT2D eigenvalue weighted by Gasteiger charge is 2.26. The van der Waals surface area contributed by atoms with Crippen LogP contribution in [0.4, 0.5) is 0 Å². The third kappa shape index (κ3) is 4.06. The minimum atomic E-state index is -0.636. The first-order valence-electron chi connectivity index (χ1n) is 7.18. The van der Waals surface area contributed by atoms with Gasteiger partial charge in [0.25, 0.3) is 0 Å². The van der Waals surface area contributed by atoms with Gasteiger partial charge in [0.1, 0.15) is 0 Å². The van der Waals surface area contributed by atoms with Crippen LogP contribution in [-0.4, -0.2) is 23.7 Å².